The van der Waals surface area contributed by atoms with Crippen molar-refractivity contribution in [2.24, 2.45) is 5.92 Å². The lowest BCUT2D eigenvalue weighted by Crippen LogP contribution is -2.32. The number of halogens is 3. The van der Waals surface area contributed by atoms with Crippen molar-refractivity contribution in [2.45, 2.75) is 31.5 Å². The zero-order valence-electron chi connectivity index (χ0n) is 19.1. The number of rotatable bonds is 7. The molecule has 0 saturated carbocycles. The standard InChI is InChI=1S/C28H25BrClFO4/c1-16(2)20-14-21(17-8-10-19(30)11-9-17)26(18-6-4-3-5-7-18)35-27(20)25-23(31)13-12-22(29)28(25)34-15-24(32)33/h3-13,20-21,26-27H,1,14-15H2,2H3,(H,32,33)/t20-,21-,26+,27+/m1/s1. The lowest BCUT2D eigenvalue weighted by molar-refractivity contribution is -0.139. The minimum absolute atomic E-state index is 0.0359. The van der Waals surface area contributed by atoms with Crippen LogP contribution < -0.4 is 4.74 Å². The van der Waals surface area contributed by atoms with Gasteiger partial charge < -0.3 is 14.6 Å². The van der Waals surface area contributed by atoms with Crippen molar-refractivity contribution in [1.82, 2.24) is 0 Å². The van der Waals surface area contributed by atoms with Gasteiger partial charge in [0.1, 0.15) is 11.6 Å². The van der Waals surface area contributed by atoms with E-state index in [2.05, 4.69) is 22.5 Å². The quantitative estimate of drug-likeness (QED) is 0.299. The monoisotopic (exact) mass is 558 g/mol. The van der Waals surface area contributed by atoms with Crippen LogP contribution in [-0.4, -0.2) is 17.7 Å². The first kappa shape index (κ1) is 25.4. The van der Waals surface area contributed by atoms with Gasteiger partial charge in [0.15, 0.2) is 6.61 Å². The van der Waals surface area contributed by atoms with Crippen molar-refractivity contribution in [3.05, 3.63) is 111 Å². The van der Waals surface area contributed by atoms with Crippen LogP contribution in [0.5, 0.6) is 5.75 Å². The second kappa shape index (κ2) is 10.9. The summed E-state index contributed by atoms with van der Waals surface area (Å²) < 4.78 is 28.1. The average Bonchev–Trinajstić information content (AvgIpc) is 2.84. The summed E-state index contributed by atoms with van der Waals surface area (Å²) in [7, 11) is 0. The summed E-state index contributed by atoms with van der Waals surface area (Å²) in [5.41, 5.74) is 3.04. The Labute approximate surface area is 217 Å². The van der Waals surface area contributed by atoms with Gasteiger partial charge in [0.05, 0.1) is 22.2 Å². The molecule has 3 aromatic rings. The third-order valence-corrected chi connectivity index (χ3v) is 7.19. The van der Waals surface area contributed by atoms with Crippen LogP contribution in [0.3, 0.4) is 0 Å². The molecule has 0 unspecified atom stereocenters. The Kier molecular flexibility index (Phi) is 7.95. The fourth-order valence-electron chi connectivity index (χ4n) is 4.67. The van der Waals surface area contributed by atoms with E-state index in [-0.39, 0.29) is 29.3 Å². The smallest absolute Gasteiger partial charge is 0.341 e. The van der Waals surface area contributed by atoms with Gasteiger partial charge in [-0.15, -0.1) is 0 Å². The maximum Gasteiger partial charge on any atom is 0.341 e. The van der Waals surface area contributed by atoms with Crippen LogP contribution in [-0.2, 0) is 9.53 Å². The minimum atomic E-state index is -1.15. The number of ether oxygens (including phenoxy) is 2. The second-order valence-electron chi connectivity index (χ2n) is 8.69. The second-order valence-corrected chi connectivity index (χ2v) is 9.98. The summed E-state index contributed by atoms with van der Waals surface area (Å²) >= 11 is 9.54. The topological polar surface area (TPSA) is 55.8 Å². The first-order valence-electron chi connectivity index (χ1n) is 11.2. The lowest BCUT2D eigenvalue weighted by atomic mass is 9.74. The van der Waals surface area contributed by atoms with E-state index < -0.39 is 24.5 Å². The van der Waals surface area contributed by atoms with Crippen LogP contribution in [0.15, 0.2) is 83.4 Å². The van der Waals surface area contributed by atoms with Gasteiger partial charge in [-0.05, 0) is 64.7 Å². The van der Waals surface area contributed by atoms with Crippen LogP contribution in [0.1, 0.15) is 48.2 Å². The highest BCUT2D eigenvalue weighted by molar-refractivity contribution is 9.10. The molecule has 0 aromatic heterocycles. The molecule has 35 heavy (non-hydrogen) atoms. The van der Waals surface area contributed by atoms with Gasteiger partial charge in [0, 0.05) is 16.9 Å². The first-order valence-corrected chi connectivity index (χ1v) is 12.4. The zero-order chi connectivity index (χ0) is 25.1. The summed E-state index contributed by atoms with van der Waals surface area (Å²) in [6.07, 6.45) is -0.475. The van der Waals surface area contributed by atoms with Gasteiger partial charge in [-0.25, -0.2) is 9.18 Å². The predicted molar refractivity (Wildman–Crippen MR) is 137 cm³/mol. The Bertz CT molecular complexity index is 1220. The molecule has 1 aliphatic rings. The van der Waals surface area contributed by atoms with Crippen LogP contribution in [0, 0.1) is 11.7 Å². The molecule has 7 heteroatoms. The normalized spacial score (nSPS) is 21.9. The molecule has 0 spiro atoms. The molecule has 182 valence electrons. The van der Waals surface area contributed by atoms with Gasteiger partial charge in [-0.1, -0.05) is 66.2 Å². The largest absolute Gasteiger partial charge is 0.480 e. The number of hydrogen-bond acceptors (Lipinski definition) is 3. The molecule has 1 aliphatic heterocycles. The molecule has 0 bridgehead atoms. The van der Waals surface area contributed by atoms with Crippen molar-refractivity contribution in [3.63, 3.8) is 0 Å². The highest BCUT2D eigenvalue weighted by Crippen LogP contribution is 2.54. The van der Waals surface area contributed by atoms with E-state index in [4.69, 9.17) is 26.2 Å². The summed E-state index contributed by atoms with van der Waals surface area (Å²) in [5, 5.41) is 9.80. The van der Waals surface area contributed by atoms with Crippen molar-refractivity contribution in [1.29, 1.82) is 0 Å². The molecular formula is C28H25BrClFO4. The number of carboxylic acids is 1. The van der Waals surface area contributed by atoms with Crippen molar-refractivity contribution in [3.8, 4) is 5.75 Å². The van der Waals surface area contributed by atoms with Gasteiger partial charge in [0.2, 0.25) is 0 Å². The number of aliphatic carboxylic acids is 1. The lowest BCUT2D eigenvalue weighted by Gasteiger charge is -2.43. The molecule has 4 nitrogen and oxygen atoms in total. The third-order valence-electron chi connectivity index (χ3n) is 6.31. The molecule has 1 saturated heterocycles. The minimum Gasteiger partial charge on any atom is -0.480 e. The Hall–Kier alpha value is -2.67. The maximum absolute atomic E-state index is 15.4. The maximum atomic E-state index is 15.4. The third kappa shape index (κ3) is 5.61. The fourth-order valence-corrected chi connectivity index (χ4v) is 5.25. The molecule has 4 atom stereocenters. The van der Waals surface area contributed by atoms with Gasteiger partial charge in [-0.2, -0.15) is 0 Å². The average molecular weight is 560 g/mol. The van der Waals surface area contributed by atoms with Crippen molar-refractivity contribution in [2.75, 3.05) is 6.61 Å². The molecular weight excluding hydrogens is 535 g/mol. The molecule has 0 radical (unpaired) electrons. The SMILES string of the molecule is C=C(C)[C@H]1C[C@H](c2ccc(Cl)cc2)[C@H](c2ccccc2)O[C@@H]1c1c(F)ccc(Br)c1OCC(=O)O. The Morgan fingerprint density at radius 3 is 2.43 bits per heavy atom. The number of carboxylic acid groups (broad SMARTS) is 1. The van der Waals surface area contributed by atoms with Crippen molar-refractivity contribution >= 4 is 33.5 Å². The Morgan fingerprint density at radius 2 is 1.80 bits per heavy atom. The van der Waals surface area contributed by atoms with E-state index in [1.165, 1.54) is 12.1 Å². The molecule has 1 N–H and O–H groups in total. The summed E-state index contributed by atoms with van der Waals surface area (Å²) in [6.45, 7) is 5.48. The number of hydrogen-bond donors (Lipinski definition) is 1. The first-order chi connectivity index (χ1) is 16.8. The van der Waals surface area contributed by atoms with E-state index in [0.717, 1.165) is 16.7 Å². The Morgan fingerprint density at radius 1 is 1.11 bits per heavy atom. The van der Waals surface area contributed by atoms with E-state index >= 15 is 4.39 Å². The van der Waals surface area contributed by atoms with Gasteiger partial charge in [-0.3, -0.25) is 0 Å². The molecule has 0 aliphatic carbocycles. The van der Waals surface area contributed by atoms with Gasteiger partial charge in [0.25, 0.3) is 0 Å². The number of carbonyl (C=O) groups is 1. The molecule has 0 amide bonds. The molecule has 3 aromatic carbocycles. The van der Waals surface area contributed by atoms with Crippen LogP contribution in [0.4, 0.5) is 4.39 Å². The zero-order valence-corrected chi connectivity index (χ0v) is 21.4. The van der Waals surface area contributed by atoms with E-state index in [1.807, 2.05) is 61.5 Å². The molecule has 4 rings (SSSR count). The van der Waals surface area contributed by atoms with E-state index in [1.54, 1.807) is 0 Å². The van der Waals surface area contributed by atoms with Crippen LogP contribution in [0.2, 0.25) is 5.02 Å². The van der Waals surface area contributed by atoms with Crippen molar-refractivity contribution < 1.29 is 23.8 Å². The highest BCUT2D eigenvalue weighted by Gasteiger charge is 2.43. The summed E-state index contributed by atoms with van der Waals surface area (Å²) in [4.78, 5) is 11.2. The molecule has 1 heterocycles. The molecule has 1 fully saturated rings. The summed E-state index contributed by atoms with van der Waals surface area (Å²) in [6, 6.07) is 20.3. The predicted octanol–water partition coefficient (Wildman–Crippen LogP) is 7.88. The van der Waals surface area contributed by atoms with Crippen LogP contribution in [0.25, 0.3) is 0 Å². The number of benzene rings is 3. The highest BCUT2D eigenvalue weighted by atomic mass is 79.9. The summed E-state index contributed by atoms with van der Waals surface area (Å²) in [5.74, 6) is -1.84. The van der Waals surface area contributed by atoms with E-state index in [9.17, 15) is 4.79 Å². The van der Waals surface area contributed by atoms with Gasteiger partial charge >= 0.3 is 5.97 Å². The van der Waals surface area contributed by atoms with Crippen LogP contribution >= 0.6 is 27.5 Å². The Balaban J connectivity index is 1.83. The fraction of sp³-hybridized carbons (Fsp3) is 0.250. The van der Waals surface area contributed by atoms with E-state index in [0.29, 0.717) is 15.9 Å².